The minimum Gasteiger partial charge on any atom is -0.355 e. The lowest BCUT2D eigenvalue weighted by Crippen LogP contribution is -2.44. The Labute approximate surface area is 124 Å². The fourth-order valence-electron chi connectivity index (χ4n) is 2.78. The van der Waals surface area contributed by atoms with Gasteiger partial charge in [0.15, 0.2) is 5.96 Å². The van der Waals surface area contributed by atoms with E-state index in [1.54, 1.807) is 0 Å². The number of unbranched alkanes of at least 4 members (excludes halogenated alkanes) is 1. The summed E-state index contributed by atoms with van der Waals surface area (Å²) in [7, 11) is 3.96. The zero-order chi connectivity index (χ0) is 14.8. The highest BCUT2D eigenvalue weighted by atomic mass is 15.3. The molecule has 0 spiro atoms. The molecule has 116 valence electrons. The predicted octanol–water partition coefficient (Wildman–Crippen LogP) is 2.19. The summed E-state index contributed by atoms with van der Waals surface area (Å²) in [4.78, 5) is 9.11. The highest BCUT2D eigenvalue weighted by Crippen LogP contribution is 2.14. The van der Waals surface area contributed by atoms with Crippen molar-refractivity contribution in [1.29, 1.82) is 0 Å². The summed E-state index contributed by atoms with van der Waals surface area (Å²) in [6.07, 6.45) is 6.90. The Hall–Kier alpha value is -1.03. The van der Waals surface area contributed by atoms with Crippen molar-refractivity contribution in [3.63, 3.8) is 0 Å². The average Bonchev–Trinajstić information content (AvgIpc) is 2.44. The third-order valence-electron chi connectivity index (χ3n) is 3.93. The molecule has 0 aromatic carbocycles. The van der Waals surface area contributed by atoms with Gasteiger partial charge in [-0.15, -0.1) is 6.58 Å². The Kier molecular flexibility index (Phi) is 8.35. The third-order valence-corrected chi connectivity index (χ3v) is 3.93. The zero-order valence-corrected chi connectivity index (χ0v) is 13.6. The lowest BCUT2D eigenvalue weighted by Gasteiger charge is -2.31. The molecule has 1 aliphatic rings. The first kappa shape index (κ1) is 17.0. The number of rotatable bonds is 7. The summed E-state index contributed by atoms with van der Waals surface area (Å²) in [5.41, 5.74) is 0. The topological polar surface area (TPSA) is 30.9 Å². The maximum Gasteiger partial charge on any atom is 0.193 e. The highest BCUT2D eigenvalue weighted by molar-refractivity contribution is 5.79. The molecule has 0 saturated carbocycles. The van der Waals surface area contributed by atoms with Crippen LogP contribution in [0.1, 0.15) is 32.6 Å². The summed E-state index contributed by atoms with van der Waals surface area (Å²) in [5.74, 6) is 1.85. The highest BCUT2D eigenvalue weighted by Gasteiger charge is 2.15. The van der Waals surface area contributed by atoms with Gasteiger partial charge in [0.2, 0.25) is 0 Å². The van der Waals surface area contributed by atoms with Crippen molar-refractivity contribution >= 4 is 5.96 Å². The molecule has 20 heavy (non-hydrogen) atoms. The van der Waals surface area contributed by atoms with Gasteiger partial charge in [-0.2, -0.15) is 0 Å². The van der Waals surface area contributed by atoms with E-state index in [1.807, 2.05) is 13.1 Å². The molecule has 1 fully saturated rings. The Morgan fingerprint density at radius 1 is 1.55 bits per heavy atom. The molecule has 0 aromatic rings. The third kappa shape index (κ3) is 6.42. The number of guanidine groups is 1. The molecule has 0 bridgehead atoms. The maximum absolute atomic E-state index is 4.35. The molecule has 1 N–H and O–H groups in total. The Morgan fingerprint density at radius 2 is 2.35 bits per heavy atom. The molecule has 1 saturated heterocycles. The first-order valence-electron chi connectivity index (χ1n) is 7.92. The molecular weight excluding hydrogens is 248 g/mol. The van der Waals surface area contributed by atoms with Gasteiger partial charge in [-0.1, -0.05) is 13.0 Å². The minimum absolute atomic E-state index is 0.852. The van der Waals surface area contributed by atoms with Crippen LogP contribution >= 0.6 is 0 Å². The first-order chi connectivity index (χ1) is 9.67. The number of likely N-dealkylation sites (tertiary alicyclic amines) is 1. The maximum atomic E-state index is 4.35. The van der Waals surface area contributed by atoms with Gasteiger partial charge in [-0.05, 0) is 38.1 Å². The number of aliphatic imine (C=N–C) groups is 1. The van der Waals surface area contributed by atoms with E-state index in [9.17, 15) is 0 Å². The lowest BCUT2D eigenvalue weighted by molar-refractivity contribution is 0.186. The van der Waals surface area contributed by atoms with Crippen molar-refractivity contribution in [2.45, 2.75) is 32.6 Å². The standard InChI is InChI=1S/C16H32N4/c1-5-6-7-11-19(4)16(17-3)18-10-13-20-12-8-9-15(2)14-20/h5,15H,1,6-14H2,2-4H3,(H,17,18). The molecule has 4 heteroatoms. The van der Waals surface area contributed by atoms with E-state index in [2.05, 4.69) is 40.7 Å². The van der Waals surface area contributed by atoms with Gasteiger partial charge < -0.3 is 15.1 Å². The van der Waals surface area contributed by atoms with Crippen LogP contribution < -0.4 is 5.32 Å². The van der Waals surface area contributed by atoms with E-state index in [0.29, 0.717) is 0 Å². The van der Waals surface area contributed by atoms with E-state index in [1.165, 1.54) is 25.9 Å². The number of nitrogens with one attached hydrogen (secondary N) is 1. The largest absolute Gasteiger partial charge is 0.355 e. The second kappa shape index (κ2) is 9.81. The quantitative estimate of drug-likeness (QED) is 0.336. The van der Waals surface area contributed by atoms with Gasteiger partial charge in [0.25, 0.3) is 0 Å². The molecule has 0 aromatic heterocycles. The van der Waals surface area contributed by atoms with Crippen LogP contribution in [0.5, 0.6) is 0 Å². The first-order valence-corrected chi connectivity index (χ1v) is 7.92. The van der Waals surface area contributed by atoms with Crippen molar-refractivity contribution < 1.29 is 0 Å². The van der Waals surface area contributed by atoms with Crippen molar-refractivity contribution in [1.82, 2.24) is 15.1 Å². The van der Waals surface area contributed by atoms with Crippen LogP contribution in [-0.2, 0) is 0 Å². The van der Waals surface area contributed by atoms with Gasteiger partial charge in [-0.3, -0.25) is 4.99 Å². The van der Waals surface area contributed by atoms with Gasteiger partial charge in [0, 0.05) is 40.3 Å². The van der Waals surface area contributed by atoms with Crippen molar-refractivity contribution in [3.05, 3.63) is 12.7 Å². The summed E-state index contributed by atoms with van der Waals surface area (Å²) in [5, 5.41) is 3.47. The number of allylic oxidation sites excluding steroid dienone is 1. The number of hydrogen-bond acceptors (Lipinski definition) is 2. The fraction of sp³-hybridized carbons (Fsp3) is 0.812. The van der Waals surface area contributed by atoms with Crippen molar-refractivity contribution in [3.8, 4) is 0 Å². The zero-order valence-electron chi connectivity index (χ0n) is 13.6. The molecule has 0 amide bonds. The Bertz CT molecular complexity index is 301. The molecule has 1 atom stereocenters. The molecule has 1 aliphatic heterocycles. The predicted molar refractivity (Wildman–Crippen MR) is 88.3 cm³/mol. The summed E-state index contributed by atoms with van der Waals surface area (Å²) in [6, 6.07) is 0. The monoisotopic (exact) mass is 280 g/mol. The van der Waals surface area contributed by atoms with Gasteiger partial charge in [0.05, 0.1) is 0 Å². The Morgan fingerprint density at radius 3 is 3.00 bits per heavy atom. The number of piperidine rings is 1. The molecule has 0 aliphatic carbocycles. The molecular formula is C16H32N4. The van der Waals surface area contributed by atoms with Crippen LogP contribution in [-0.4, -0.2) is 62.6 Å². The van der Waals surface area contributed by atoms with Crippen LogP contribution in [0.15, 0.2) is 17.6 Å². The van der Waals surface area contributed by atoms with E-state index in [4.69, 9.17) is 0 Å². The molecule has 1 rings (SSSR count). The van der Waals surface area contributed by atoms with Crippen LogP contribution in [0.25, 0.3) is 0 Å². The van der Waals surface area contributed by atoms with Crippen molar-refractivity contribution in [2.24, 2.45) is 10.9 Å². The molecule has 1 heterocycles. The number of hydrogen-bond donors (Lipinski definition) is 1. The van der Waals surface area contributed by atoms with Gasteiger partial charge in [-0.25, -0.2) is 0 Å². The van der Waals surface area contributed by atoms with Crippen LogP contribution in [0, 0.1) is 5.92 Å². The number of nitrogens with zero attached hydrogens (tertiary/aromatic N) is 3. The molecule has 0 radical (unpaired) electrons. The second-order valence-electron chi connectivity index (χ2n) is 5.87. The lowest BCUT2D eigenvalue weighted by atomic mass is 10.0. The summed E-state index contributed by atoms with van der Waals surface area (Å²) >= 11 is 0. The average molecular weight is 280 g/mol. The van der Waals surface area contributed by atoms with Gasteiger partial charge in [0.1, 0.15) is 0 Å². The van der Waals surface area contributed by atoms with Crippen LogP contribution in [0.4, 0.5) is 0 Å². The molecule has 1 unspecified atom stereocenters. The van der Waals surface area contributed by atoms with Crippen LogP contribution in [0.3, 0.4) is 0 Å². The van der Waals surface area contributed by atoms with E-state index < -0.39 is 0 Å². The van der Waals surface area contributed by atoms with E-state index in [0.717, 1.165) is 44.4 Å². The Balaban J connectivity index is 2.21. The minimum atomic E-state index is 0.852. The normalized spacial score (nSPS) is 20.8. The van der Waals surface area contributed by atoms with Crippen molar-refractivity contribution in [2.75, 3.05) is 46.8 Å². The fourth-order valence-corrected chi connectivity index (χ4v) is 2.78. The summed E-state index contributed by atoms with van der Waals surface area (Å²) in [6.45, 7) is 11.7. The van der Waals surface area contributed by atoms with E-state index in [-0.39, 0.29) is 0 Å². The molecule has 4 nitrogen and oxygen atoms in total. The second-order valence-corrected chi connectivity index (χ2v) is 5.87. The van der Waals surface area contributed by atoms with Crippen LogP contribution in [0.2, 0.25) is 0 Å². The van der Waals surface area contributed by atoms with E-state index >= 15 is 0 Å². The summed E-state index contributed by atoms with van der Waals surface area (Å²) < 4.78 is 0. The SMILES string of the molecule is C=CCCCN(C)C(=NC)NCCN1CCCC(C)C1. The smallest absolute Gasteiger partial charge is 0.193 e. The van der Waals surface area contributed by atoms with Gasteiger partial charge >= 0.3 is 0 Å².